The van der Waals surface area contributed by atoms with Crippen molar-refractivity contribution in [3.63, 3.8) is 0 Å². The first-order valence-corrected chi connectivity index (χ1v) is 6.34. The van der Waals surface area contributed by atoms with Gasteiger partial charge in [0.1, 0.15) is 0 Å². The van der Waals surface area contributed by atoms with Gasteiger partial charge in [0.15, 0.2) is 0 Å². The molecule has 0 bridgehead atoms. The molecular weight excluding hydrogens is 310 g/mol. The van der Waals surface area contributed by atoms with Crippen molar-refractivity contribution in [2.45, 2.75) is 20.3 Å². The molecule has 0 aliphatic rings. The summed E-state index contributed by atoms with van der Waals surface area (Å²) < 4.78 is 0. The van der Waals surface area contributed by atoms with Crippen LogP contribution in [0.4, 0.5) is 5.69 Å². The second-order valence-corrected chi connectivity index (χ2v) is 4.76. The fraction of sp³-hybridized carbons (Fsp3) is 0.286. The minimum atomic E-state index is -1.58. The number of aliphatic carboxylic acids is 2. The largest absolute Gasteiger partial charge is 0.476 e. The van der Waals surface area contributed by atoms with E-state index in [1.54, 1.807) is 13.8 Å². The molecule has 0 atom stereocenters. The van der Waals surface area contributed by atoms with Gasteiger partial charge < -0.3 is 10.2 Å². The van der Waals surface area contributed by atoms with Crippen molar-refractivity contribution in [1.82, 2.24) is 0 Å². The first-order chi connectivity index (χ1) is 10.6. The Bertz CT molecular complexity index is 618. The van der Waals surface area contributed by atoms with Crippen LogP contribution in [0.5, 0.6) is 0 Å². The van der Waals surface area contributed by atoms with Gasteiger partial charge in [-0.2, -0.15) is 0 Å². The first kappa shape index (κ1) is 19.9. The molecule has 0 unspecified atom stereocenters. The summed E-state index contributed by atoms with van der Waals surface area (Å²) in [4.78, 5) is 50.9. The second kappa shape index (κ2) is 9.03. The number of carbonyl (C=O) groups is 4. The Kier molecular flexibility index (Phi) is 7.81. The number of nitrogens with zero attached hydrogens (tertiary/aromatic N) is 1. The fourth-order valence-electron chi connectivity index (χ4n) is 1.32. The van der Waals surface area contributed by atoms with E-state index in [1.165, 1.54) is 0 Å². The molecule has 0 aromatic heterocycles. The van der Waals surface area contributed by atoms with Gasteiger partial charge >= 0.3 is 11.9 Å². The summed E-state index contributed by atoms with van der Waals surface area (Å²) >= 11 is 0. The molecule has 1 aromatic carbocycles. The van der Waals surface area contributed by atoms with Crippen LogP contribution in [0.3, 0.4) is 0 Å². The van der Waals surface area contributed by atoms with Gasteiger partial charge in [-0.15, -0.1) is 0 Å². The summed E-state index contributed by atoms with van der Waals surface area (Å²) in [6.07, 6.45) is 0.134. The molecule has 0 amide bonds. The summed E-state index contributed by atoms with van der Waals surface area (Å²) in [5.74, 6) is -4.57. The molecule has 0 aliphatic carbocycles. The highest BCUT2D eigenvalue weighted by molar-refractivity contribution is 6.39. The van der Waals surface area contributed by atoms with Crippen LogP contribution in [0, 0.1) is 16.0 Å². The van der Waals surface area contributed by atoms with Gasteiger partial charge in [-0.25, -0.2) is 9.59 Å². The number of rotatable bonds is 6. The predicted molar refractivity (Wildman–Crippen MR) is 77.2 cm³/mol. The highest BCUT2D eigenvalue weighted by atomic mass is 16.6. The maximum Gasteiger partial charge on any atom is 0.377 e. The Labute approximate surface area is 130 Å². The Morgan fingerprint density at radius 1 is 1.04 bits per heavy atom. The van der Waals surface area contributed by atoms with Gasteiger partial charge in [0.2, 0.25) is 5.78 Å². The lowest BCUT2D eigenvalue weighted by molar-refractivity contribution is -0.384. The SMILES string of the molecule is CC(C)CC(=O)C(=O)O.O=C(O)C(=O)c1ccc([N+](=O)[O-])cc1. The lowest BCUT2D eigenvalue weighted by atomic mass is 10.1. The molecule has 0 saturated heterocycles. The highest BCUT2D eigenvalue weighted by Crippen LogP contribution is 2.12. The average Bonchev–Trinajstić information content (AvgIpc) is 2.46. The van der Waals surface area contributed by atoms with Crippen molar-refractivity contribution < 1.29 is 34.3 Å². The number of hydrogen-bond donors (Lipinski definition) is 2. The molecule has 9 heteroatoms. The predicted octanol–water partition coefficient (Wildman–Crippen LogP) is 1.55. The van der Waals surface area contributed by atoms with E-state index in [1.807, 2.05) is 0 Å². The van der Waals surface area contributed by atoms with Crippen molar-refractivity contribution in [2.75, 3.05) is 0 Å². The number of non-ortho nitro benzene ring substituents is 1. The van der Waals surface area contributed by atoms with Crippen LogP contribution in [0.15, 0.2) is 24.3 Å². The summed E-state index contributed by atoms with van der Waals surface area (Å²) in [5.41, 5.74) is -0.268. The van der Waals surface area contributed by atoms with Crippen molar-refractivity contribution in [3.8, 4) is 0 Å². The zero-order valence-corrected chi connectivity index (χ0v) is 12.4. The number of hydrogen-bond acceptors (Lipinski definition) is 6. The molecule has 2 N–H and O–H groups in total. The summed E-state index contributed by atoms with van der Waals surface area (Å²) in [5, 5.41) is 26.6. The highest BCUT2D eigenvalue weighted by Gasteiger charge is 2.15. The maximum atomic E-state index is 10.9. The summed E-state index contributed by atoms with van der Waals surface area (Å²) in [6.45, 7) is 3.61. The van der Waals surface area contributed by atoms with Crippen LogP contribution in [0.2, 0.25) is 0 Å². The normalized spacial score (nSPS) is 9.52. The molecule has 0 spiro atoms. The van der Waals surface area contributed by atoms with Gasteiger partial charge in [0.25, 0.3) is 11.5 Å². The molecule has 0 aliphatic heterocycles. The number of carboxylic acids is 2. The van der Waals surface area contributed by atoms with Gasteiger partial charge in [0, 0.05) is 24.1 Å². The topological polar surface area (TPSA) is 152 Å². The molecule has 23 heavy (non-hydrogen) atoms. The smallest absolute Gasteiger partial charge is 0.377 e. The van der Waals surface area contributed by atoms with E-state index >= 15 is 0 Å². The molecular formula is C14H15NO8. The lowest BCUT2D eigenvalue weighted by Crippen LogP contribution is -2.14. The molecule has 0 fully saturated rings. The van der Waals surface area contributed by atoms with Gasteiger partial charge in [0.05, 0.1) is 4.92 Å². The second-order valence-electron chi connectivity index (χ2n) is 4.76. The van der Waals surface area contributed by atoms with Crippen LogP contribution in [-0.4, -0.2) is 38.6 Å². The first-order valence-electron chi connectivity index (χ1n) is 6.34. The van der Waals surface area contributed by atoms with Crippen molar-refractivity contribution in [1.29, 1.82) is 0 Å². The molecule has 124 valence electrons. The van der Waals surface area contributed by atoms with E-state index in [-0.39, 0.29) is 23.6 Å². The van der Waals surface area contributed by atoms with E-state index in [0.29, 0.717) is 0 Å². The Morgan fingerprint density at radius 2 is 1.52 bits per heavy atom. The van der Waals surface area contributed by atoms with Crippen LogP contribution in [0.25, 0.3) is 0 Å². The van der Waals surface area contributed by atoms with Crippen molar-refractivity contribution in [2.24, 2.45) is 5.92 Å². The Morgan fingerprint density at radius 3 is 1.78 bits per heavy atom. The molecule has 0 radical (unpaired) electrons. The molecule has 9 nitrogen and oxygen atoms in total. The van der Waals surface area contributed by atoms with Crippen LogP contribution in [0.1, 0.15) is 30.6 Å². The zero-order chi connectivity index (χ0) is 18.2. The molecule has 0 heterocycles. The minimum absolute atomic E-state index is 0.0805. The standard InChI is InChI=1S/C8H5NO5.C6H10O3/c10-7(8(11)12)5-1-3-6(4-2-5)9(13)14;1-4(2)3-5(7)6(8)9/h1-4H,(H,11,12);4H,3H2,1-2H3,(H,8,9). The number of nitro benzene ring substituents is 1. The van der Waals surface area contributed by atoms with Crippen molar-refractivity contribution in [3.05, 3.63) is 39.9 Å². The van der Waals surface area contributed by atoms with E-state index in [4.69, 9.17) is 10.2 Å². The quantitative estimate of drug-likeness (QED) is 0.346. The van der Waals surface area contributed by atoms with Crippen molar-refractivity contribution >= 4 is 29.2 Å². The van der Waals surface area contributed by atoms with Crippen LogP contribution < -0.4 is 0 Å². The number of nitro groups is 1. The number of benzene rings is 1. The fourth-order valence-corrected chi connectivity index (χ4v) is 1.32. The Hall–Kier alpha value is -3.10. The van der Waals surface area contributed by atoms with E-state index < -0.39 is 28.4 Å². The summed E-state index contributed by atoms with van der Waals surface area (Å²) in [7, 11) is 0. The van der Waals surface area contributed by atoms with Crippen LogP contribution in [-0.2, 0) is 14.4 Å². The van der Waals surface area contributed by atoms with Gasteiger partial charge in [-0.1, -0.05) is 13.8 Å². The average molecular weight is 325 g/mol. The third-order valence-electron chi connectivity index (χ3n) is 2.37. The third kappa shape index (κ3) is 7.46. The van der Waals surface area contributed by atoms with E-state index in [9.17, 15) is 29.3 Å². The number of carboxylic acid groups (broad SMARTS) is 2. The third-order valence-corrected chi connectivity index (χ3v) is 2.37. The maximum absolute atomic E-state index is 10.9. The van der Waals surface area contributed by atoms with Gasteiger partial charge in [-0.05, 0) is 18.1 Å². The van der Waals surface area contributed by atoms with E-state index in [2.05, 4.69) is 0 Å². The number of carbonyl (C=O) groups excluding carboxylic acids is 2. The van der Waals surface area contributed by atoms with Gasteiger partial charge in [-0.3, -0.25) is 19.7 Å². The lowest BCUT2D eigenvalue weighted by Gasteiger charge is -1.97. The minimum Gasteiger partial charge on any atom is -0.476 e. The number of ketones is 2. The molecule has 1 rings (SSSR count). The van der Waals surface area contributed by atoms with Crippen LogP contribution >= 0.6 is 0 Å². The molecule has 1 aromatic rings. The zero-order valence-electron chi connectivity index (χ0n) is 12.4. The Balaban J connectivity index is 0.000000468. The number of Topliss-reactive ketones (excluding diaryl/α,β-unsaturated/α-hetero) is 2. The summed E-state index contributed by atoms with van der Waals surface area (Å²) in [6, 6.07) is 4.37. The molecule has 0 saturated carbocycles. The monoisotopic (exact) mass is 325 g/mol. The van der Waals surface area contributed by atoms with E-state index in [0.717, 1.165) is 24.3 Å².